The van der Waals surface area contributed by atoms with Gasteiger partial charge in [0.25, 0.3) is 0 Å². The van der Waals surface area contributed by atoms with Gasteiger partial charge in [0.15, 0.2) is 0 Å². The lowest BCUT2D eigenvalue weighted by Gasteiger charge is -2.13. The van der Waals surface area contributed by atoms with Gasteiger partial charge in [-0.15, -0.1) is 0 Å². The number of halogens is 3. The zero-order chi connectivity index (χ0) is 11.0. The summed E-state index contributed by atoms with van der Waals surface area (Å²) in [5, 5.41) is 3.07. The van der Waals surface area contributed by atoms with Gasteiger partial charge in [0.1, 0.15) is 0 Å². The smallest absolute Gasteiger partial charge is 0.313 e. The van der Waals surface area contributed by atoms with Crippen LogP contribution in [0.25, 0.3) is 0 Å². The lowest BCUT2D eigenvalue weighted by molar-refractivity contribution is -0.0327. The van der Waals surface area contributed by atoms with Gasteiger partial charge in [-0.05, 0) is 25.1 Å². The third-order valence-electron chi connectivity index (χ3n) is 1.85. The predicted molar refractivity (Wildman–Crippen MR) is 55.5 cm³/mol. The SMILES string of the molecule is CCCCC(C)NCCSC(F)(F)F. The molecule has 1 atom stereocenters. The van der Waals surface area contributed by atoms with Crippen molar-refractivity contribution in [1.82, 2.24) is 5.32 Å². The zero-order valence-electron chi connectivity index (χ0n) is 8.66. The van der Waals surface area contributed by atoms with Gasteiger partial charge in [0.05, 0.1) is 0 Å². The van der Waals surface area contributed by atoms with Crippen molar-refractivity contribution in [2.45, 2.75) is 44.7 Å². The summed E-state index contributed by atoms with van der Waals surface area (Å²) in [6.07, 6.45) is 3.29. The van der Waals surface area contributed by atoms with Crippen molar-refractivity contribution in [2.75, 3.05) is 12.3 Å². The van der Waals surface area contributed by atoms with Gasteiger partial charge in [-0.3, -0.25) is 0 Å². The predicted octanol–water partition coefficient (Wildman–Crippen LogP) is 3.41. The summed E-state index contributed by atoms with van der Waals surface area (Å²) in [5.74, 6) is 0.0972. The number of hydrogen-bond acceptors (Lipinski definition) is 2. The van der Waals surface area contributed by atoms with Crippen LogP contribution in [0.5, 0.6) is 0 Å². The fourth-order valence-electron chi connectivity index (χ4n) is 1.08. The van der Waals surface area contributed by atoms with Gasteiger partial charge in [-0.1, -0.05) is 19.8 Å². The second kappa shape index (κ2) is 7.40. The summed E-state index contributed by atoms with van der Waals surface area (Å²) in [6.45, 7) is 4.54. The van der Waals surface area contributed by atoms with E-state index < -0.39 is 5.51 Å². The Morgan fingerprint density at radius 3 is 2.50 bits per heavy atom. The maximum absolute atomic E-state index is 11.7. The Hall–Kier alpha value is 0.100. The van der Waals surface area contributed by atoms with Gasteiger partial charge in [0.2, 0.25) is 0 Å². The van der Waals surface area contributed by atoms with E-state index in [2.05, 4.69) is 12.2 Å². The molecular weight excluding hydrogens is 211 g/mol. The fraction of sp³-hybridized carbons (Fsp3) is 1.00. The quantitative estimate of drug-likeness (QED) is 0.671. The molecule has 14 heavy (non-hydrogen) atoms. The Balaban J connectivity index is 3.27. The first kappa shape index (κ1) is 14.1. The van der Waals surface area contributed by atoms with Crippen molar-refractivity contribution in [3.05, 3.63) is 0 Å². The molecule has 5 heteroatoms. The summed E-state index contributed by atoms with van der Waals surface area (Å²) < 4.78 is 35.2. The molecule has 0 rings (SSSR count). The minimum atomic E-state index is -4.09. The number of hydrogen-bond donors (Lipinski definition) is 1. The summed E-state index contributed by atoms with van der Waals surface area (Å²) in [6, 6.07) is 0.323. The van der Waals surface area contributed by atoms with Crippen molar-refractivity contribution in [2.24, 2.45) is 0 Å². The van der Waals surface area contributed by atoms with E-state index >= 15 is 0 Å². The van der Waals surface area contributed by atoms with Crippen molar-refractivity contribution < 1.29 is 13.2 Å². The zero-order valence-corrected chi connectivity index (χ0v) is 9.47. The van der Waals surface area contributed by atoms with E-state index in [1.54, 1.807) is 0 Å². The number of nitrogens with one attached hydrogen (secondary N) is 1. The molecule has 0 radical (unpaired) electrons. The van der Waals surface area contributed by atoms with Crippen molar-refractivity contribution in [3.8, 4) is 0 Å². The normalized spacial score (nSPS) is 14.4. The Kier molecular flexibility index (Phi) is 7.45. The highest BCUT2D eigenvalue weighted by Crippen LogP contribution is 2.29. The molecule has 0 spiro atoms. The average Bonchev–Trinajstić information content (AvgIpc) is 2.07. The summed E-state index contributed by atoms with van der Waals surface area (Å²) in [4.78, 5) is 0. The number of alkyl halides is 3. The maximum Gasteiger partial charge on any atom is 0.441 e. The molecule has 0 saturated heterocycles. The van der Waals surface area contributed by atoms with E-state index in [9.17, 15) is 13.2 Å². The molecule has 0 aliphatic heterocycles. The highest BCUT2D eigenvalue weighted by molar-refractivity contribution is 8.00. The molecule has 0 saturated carbocycles. The molecule has 0 bridgehead atoms. The summed E-state index contributed by atoms with van der Waals surface area (Å²) in [5.41, 5.74) is -4.09. The van der Waals surface area contributed by atoms with E-state index in [1.807, 2.05) is 6.92 Å². The second-order valence-corrected chi connectivity index (χ2v) is 4.45. The van der Waals surface area contributed by atoms with Crippen LogP contribution in [0.4, 0.5) is 13.2 Å². The van der Waals surface area contributed by atoms with Crippen LogP contribution >= 0.6 is 11.8 Å². The third kappa shape index (κ3) is 10.2. The second-order valence-electron chi connectivity index (χ2n) is 3.29. The molecule has 86 valence electrons. The number of rotatable bonds is 7. The molecule has 0 aromatic heterocycles. The maximum atomic E-state index is 11.7. The van der Waals surface area contributed by atoms with E-state index in [-0.39, 0.29) is 17.5 Å². The van der Waals surface area contributed by atoms with E-state index in [0.29, 0.717) is 12.6 Å². The van der Waals surface area contributed by atoms with Crippen molar-refractivity contribution >= 4 is 11.8 Å². The highest BCUT2D eigenvalue weighted by Gasteiger charge is 2.27. The van der Waals surface area contributed by atoms with Crippen LogP contribution in [0.15, 0.2) is 0 Å². The molecule has 0 fully saturated rings. The van der Waals surface area contributed by atoms with Crippen LogP contribution in [0.1, 0.15) is 33.1 Å². The lowest BCUT2D eigenvalue weighted by atomic mass is 10.1. The standard InChI is InChI=1S/C9H18F3NS/c1-3-4-5-8(2)13-6-7-14-9(10,11)12/h8,13H,3-7H2,1-2H3. The Morgan fingerprint density at radius 1 is 1.36 bits per heavy atom. The van der Waals surface area contributed by atoms with Gasteiger partial charge in [-0.25, -0.2) is 0 Å². The first-order valence-corrected chi connectivity index (χ1v) is 5.88. The van der Waals surface area contributed by atoms with Crippen LogP contribution in [0.2, 0.25) is 0 Å². The van der Waals surface area contributed by atoms with Crippen molar-refractivity contribution in [3.63, 3.8) is 0 Å². The molecule has 0 aromatic carbocycles. The molecule has 0 aromatic rings. The Labute approximate surface area is 87.8 Å². The molecule has 0 aliphatic rings. The van der Waals surface area contributed by atoms with Crippen LogP contribution in [-0.2, 0) is 0 Å². The Morgan fingerprint density at radius 2 is 2.00 bits per heavy atom. The summed E-state index contributed by atoms with van der Waals surface area (Å²) in [7, 11) is 0. The molecule has 1 N–H and O–H groups in total. The fourth-order valence-corrected chi connectivity index (χ4v) is 1.54. The van der Waals surface area contributed by atoms with Gasteiger partial charge in [-0.2, -0.15) is 13.2 Å². The molecule has 0 amide bonds. The third-order valence-corrected chi connectivity index (χ3v) is 2.59. The monoisotopic (exact) mass is 229 g/mol. The number of unbranched alkanes of at least 4 members (excludes halogenated alkanes) is 1. The molecule has 1 unspecified atom stereocenters. The number of thioether (sulfide) groups is 1. The topological polar surface area (TPSA) is 12.0 Å². The minimum Gasteiger partial charge on any atom is -0.313 e. The molecule has 0 aliphatic carbocycles. The van der Waals surface area contributed by atoms with Crippen LogP contribution in [0, 0.1) is 0 Å². The lowest BCUT2D eigenvalue weighted by Crippen LogP contribution is -2.28. The Bertz CT molecular complexity index is 139. The minimum absolute atomic E-state index is 0.0369. The van der Waals surface area contributed by atoms with Crippen LogP contribution < -0.4 is 5.32 Å². The van der Waals surface area contributed by atoms with Gasteiger partial charge in [0, 0.05) is 18.3 Å². The first-order valence-electron chi connectivity index (χ1n) is 4.89. The van der Waals surface area contributed by atoms with E-state index in [0.717, 1.165) is 19.3 Å². The van der Waals surface area contributed by atoms with E-state index in [1.165, 1.54) is 0 Å². The van der Waals surface area contributed by atoms with E-state index in [4.69, 9.17) is 0 Å². The molecule has 1 nitrogen and oxygen atoms in total. The largest absolute Gasteiger partial charge is 0.441 e. The molecular formula is C9H18F3NS. The average molecular weight is 229 g/mol. The van der Waals surface area contributed by atoms with Gasteiger partial charge < -0.3 is 5.32 Å². The first-order chi connectivity index (χ1) is 6.45. The van der Waals surface area contributed by atoms with Crippen LogP contribution in [0.3, 0.4) is 0 Å². The molecule has 0 heterocycles. The van der Waals surface area contributed by atoms with Gasteiger partial charge >= 0.3 is 5.51 Å². The highest BCUT2D eigenvalue weighted by atomic mass is 32.2. The van der Waals surface area contributed by atoms with Crippen molar-refractivity contribution in [1.29, 1.82) is 0 Å². The summed E-state index contributed by atoms with van der Waals surface area (Å²) >= 11 is 0.0369. The van der Waals surface area contributed by atoms with Crippen LogP contribution in [-0.4, -0.2) is 23.8 Å².